The van der Waals surface area contributed by atoms with Gasteiger partial charge in [-0.3, -0.25) is 34.1 Å². The number of fused-ring (bicyclic) bond motifs is 8. The normalized spacial score (nSPS) is 20.6. The molecule has 0 spiro atoms. The summed E-state index contributed by atoms with van der Waals surface area (Å²) in [4.78, 5) is 38.5. The number of esters is 2. The molecule has 3 heterocycles. The van der Waals surface area contributed by atoms with Crippen LogP contribution >= 0.6 is 0 Å². The highest BCUT2D eigenvalue weighted by Crippen LogP contribution is 2.45. The molecule has 3 fully saturated rings. The van der Waals surface area contributed by atoms with Crippen LogP contribution in [0.4, 0.5) is 0 Å². The summed E-state index contributed by atoms with van der Waals surface area (Å²) >= 11 is 0. The molecule has 6 N–H and O–H groups in total. The smallest absolute Gasteiger partial charge is 0.308 e. The first-order valence-corrected chi connectivity index (χ1v) is 54.2. The van der Waals surface area contributed by atoms with E-state index >= 15 is 0 Å². The lowest BCUT2D eigenvalue weighted by Crippen LogP contribution is -2.45. The van der Waals surface area contributed by atoms with E-state index in [1.807, 2.05) is 42.5 Å². The van der Waals surface area contributed by atoms with Crippen LogP contribution < -0.4 is 18.9 Å². The molecule has 0 radical (unpaired) electrons. The van der Waals surface area contributed by atoms with E-state index in [2.05, 4.69) is 144 Å². The Hall–Kier alpha value is -7.82. The van der Waals surface area contributed by atoms with Gasteiger partial charge >= 0.3 is 11.9 Å². The van der Waals surface area contributed by atoms with Crippen molar-refractivity contribution < 1.29 is 87.6 Å². The van der Waals surface area contributed by atoms with Gasteiger partial charge in [0.2, 0.25) is 6.79 Å². The third-order valence-electron chi connectivity index (χ3n) is 29.4. The van der Waals surface area contributed by atoms with E-state index in [-0.39, 0.29) is 40.8 Å². The second-order valence-corrected chi connectivity index (χ2v) is 42.1. The fraction of sp³-hybridized carbons (Fsp3) is 0.672. The van der Waals surface area contributed by atoms with Crippen molar-refractivity contribution >= 4 is 11.9 Å². The third kappa shape index (κ3) is 34.7. The van der Waals surface area contributed by atoms with Crippen LogP contribution in [0.1, 0.15) is 293 Å². The summed E-state index contributed by atoms with van der Waals surface area (Å²) in [5.74, 6) is 3.61. The molecule has 24 heteroatoms. The van der Waals surface area contributed by atoms with E-state index in [1.54, 1.807) is 18.2 Å². The highest BCUT2D eigenvalue weighted by molar-refractivity contribution is 5.75. The van der Waals surface area contributed by atoms with Crippen LogP contribution in [0.15, 0.2) is 84.9 Å². The van der Waals surface area contributed by atoms with Crippen LogP contribution in [0.25, 0.3) is 0 Å². The number of benzene rings is 6. The molecule has 0 amide bonds. The molecule has 16 rings (SSSR count). The number of carbonyl (C=O) groups is 2. The lowest BCUT2D eigenvalue weighted by Gasteiger charge is -2.38. The van der Waals surface area contributed by atoms with Crippen LogP contribution in [-0.2, 0) is 115 Å². The molecule has 0 aromatic heterocycles. The molecule has 6 aromatic rings. The Kier molecular flexibility index (Phi) is 46.4. The summed E-state index contributed by atoms with van der Waals surface area (Å²) in [6, 6.07) is 30.4. The Morgan fingerprint density at radius 2 is 0.821 bits per heavy atom. The maximum atomic E-state index is 11.6. The first-order valence-electron chi connectivity index (χ1n) is 54.2. The number of aromatic hydroxyl groups is 6. The summed E-state index contributed by atoms with van der Waals surface area (Å²) < 4.78 is 56.6. The monoisotopic (exact) mass is 1940 g/mol. The van der Waals surface area contributed by atoms with Crippen molar-refractivity contribution in [3.8, 4) is 57.5 Å². The number of hydrogen-bond acceptors (Lipinski definition) is 24. The minimum absolute atomic E-state index is 0.00653. The molecule has 24 nitrogen and oxygen atoms in total. The molecule has 8 atom stereocenters. The van der Waals surface area contributed by atoms with Gasteiger partial charge in [-0.2, -0.15) is 0 Å². The number of carbonyl (C=O) groups excluding carboxylic acids is 2. The predicted octanol–water partition coefficient (Wildman–Crippen LogP) is 20.2. The lowest BCUT2D eigenvalue weighted by molar-refractivity contribution is -0.134. The molecule has 3 aliphatic heterocycles. The maximum Gasteiger partial charge on any atom is 0.308 e. The SMILES string of the molecule is CCCN(CC1CCCCO1)C1CCc2c(O)cccc2C1.CCCN(CCC1CCOC1)C1CCc2c(ccc(O)c2O)C1.CCCN(CCOC(C)(C)C)C1CCc2c(ccc3c2OCO3)C1.CCCN(CCOC(C)C)C1CCc2c(ccc(O)c2O)C1.CCCN(CCOC(C)C)C1CCc2c(ccc(OC(C)=O)c2OC(C)=O)C1.CCCN(CCOC1CC1)C1CCc2c(O)cccc2C1. The van der Waals surface area contributed by atoms with E-state index in [0.29, 0.717) is 78.2 Å². The molecule has 6 aromatic carbocycles. The topological polar surface area (TPSA) is 267 Å². The molecule has 10 aliphatic rings. The molecule has 0 bridgehead atoms. The summed E-state index contributed by atoms with van der Waals surface area (Å²) in [6.07, 6.45) is 35.2. The summed E-state index contributed by atoms with van der Waals surface area (Å²) in [5, 5.41) is 59.3. The Morgan fingerprint density at radius 1 is 0.407 bits per heavy atom. The van der Waals surface area contributed by atoms with Gasteiger partial charge < -0.3 is 82.9 Å². The molecule has 8 unspecified atom stereocenters. The van der Waals surface area contributed by atoms with Crippen molar-refractivity contribution in [2.45, 2.75) is 369 Å². The zero-order valence-corrected chi connectivity index (χ0v) is 88.3. The first-order chi connectivity index (χ1) is 67.5. The number of nitrogens with zero attached hydrogens (tertiary/aromatic N) is 6. The maximum absolute atomic E-state index is 11.6. The number of rotatable bonds is 40. The predicted molar refractivity (Wildman–Crippen MR) is 557 cm³/mol. The van der Waals surface area contributed by atoms with Gasteiger partial charge in [-0.05, 0) is 380 Å². The van der Waals surface area contributed by atoms with E-state index in [1.165, 1.54) is 130 Å². The van der Waals surface area contributed by atoms with Gasteiger partial charge in [0.05, 0.1) is 56.4 Å². The van der Waals surface area contributed by atoms with E-state index in [0.717, 1.165) is 292 Å². The highest BCUT2D eigenvalue weighted by atomic mass is 16.7. The minimum Gasteiger partial charge on any atom is -0.508 e. The van der Waals surface area contributed by atoms with Crippen LogP contribution in [0.3, 0.4) is 0 Å². The van der Waals surface area contributed by atoms with Crippen molar-refractivity contribution in [1.29, 1.82) is 0 Å². The molecule has 7 aliphatic carbocycles. The molecule has 1 saturated carbocycles. The Balaban J connectivity index is 0.000000161. The van der Waals surface area contributed by atoms with Crippen LogP contribution in [-0.4, -0.2) is 270 Å². The summed E-state index contributed by atoms with van der Waals surface area (Å²) in [6.45, 7) is 49.9. The van der Waals surface area contributed by atoms with Crippen molar-refractivity contribution in [3.05, 3.63) is 152 Å². The van der Waals surface area contributed by atoms with Crippen molar-refractivity contribution in [2.24, 2.45) is 5.92 Å². The molecular formula is C116H178N6O18. The fourth-order valence-corrected chi connectivity index (χ4v) is 22.2. The van der Waals surface area contributed by atoms with Crippen LogP contribution in [0, 0.1) is 5.92 Å². The second-order valence-electron chi connectivity index (χ2n) is 42.1. The Morgan fingerprint density at radius 3 is 1.26 bits per heavy atom. The van der Waals surface area contributed by atoms with Gasteiger partial charge in [-0.15, -0.1) is 0 Å². The molecular weight excluding hydrogens is 1770 g/mol. The van der Waals surface area contributed by atoms with Gasteiger partial charge in [-0.1, -0.05) is 90.1 Å². The largest absolute Gasteiger partial charge is 0.508 e. The van der Waals surface area contributed by atoms with Gasteiger partial charge in [0, 0.05) is 125 Å². The average Bonchev–Trinajstić information content (AvgIpc) is 1.47. The molecule has 780 valence electrons. The number of hydrogen-bond donors (Lipinski definition) is 6. The van der Waals surface area contributed by atoms with Gasteiger partial charge in [-0.25, -0.2) is 0 Å². The first kappa shape index (κ1) is 113. The molecule has 140 heavy (non-hydrogen) atoms. The van der Waals surface area contributed by atoms with Crippen molar-refractivity contribution in [3.63, 3.8) is 0 Å². The molecule has 2 saturated heterocycles. The Labute approximate surface area is 840 Å². The number of phenols is 6. The zero-order valence-electron chi connectivity index (χ0n) is 88.3. The van der Waals surface area contributed by atoms with Crippen LogP contribution in [0.5, 0.6) is 57.5 Å². The Bertz CT molecular complexity index is 4710. The lowest BCUT2D eigenvalue weighted by atomic mass is 9.86. The quantitative estimate of drug-likeness (QED) is 0.0119. The minimum atomic E-state index is -0.429. The second kappa shape index (κ2) is 57.8. The van der Waals surface area contributed by atoms with Crippen molar-refractivity contribution in [2.75, 3.05) is 132 Å². The van der Waals surface area contributed by atoms with Crippen molar-refractivity contribution in [1.82, 2.24) is 29.4 Å². The van der Waals surface area contributed by atoms with E-state index < -0.39 is 11.9 Å². The fourth-order valence-electron chi connectivity index (χ4n) is 22.2. The third-order valence-corrected chi connectivity index (χ3v) is 29.4. The van der Waals surface area contributed by atoms with Gasteiger partial charge in [0.1, 0.15) is 11.5 Å². The van der Waals surface area contributed by atoms with E-state index in [9.17, 15) is 40.2 Å². The van der Waals surface area contributed by atoms with Gasteiger partial charge in [0.25, 0.3) is 0 Å². The standard InChI is InChI=1S/C22H33NO5.C20H31NO3.C19H29NO3.C19H29NO2.C18H29NO3.C18H27NO2/c1-6-11-23(12-13-26-15(2)3)19-8-9-20-18(14-19)7-10-21(27-16(4)24)22(20)28-17(5)25;1-5-10-21(11-12-24-20(2,3)4)16-7-8-17-15(13-16)6-9-18-19(17)23-14-22-18;1-2-9-20(10-7-14-8-11-23-13-14)16-4-5-17-15(12-16)3-6-18(21)19(17)22;1-2-11-20(14-17-7-3-4-12-22-17)16-9-10-18-15(13-16)6-5-8-19(18)21;1-4-9-19(10-11-22-13(2)3)15-6-7-16-14(12-15)5-8-17(20)18(16)21;1-2-10-19(11-12-21-16-7-8-16)15-6-9-17-14(13-15)4-3-5-18(17)20/h7,10,15,19H,6,8-9,11-14H2,1-5H3;6,9,16H,5,7-8,10-14H2,1-4H3;3,6,14,16,21-22H,2,4-5,7-13H2,1H3;5-6,8,16-17,21H,2-4,7,9-14H2,1H3;5,8,13,15,20-21H,4,6-7,9-12H2,1-3H3;3-5,15-16,20H,2,6-13H2,1H3. The zero-order chi connectivity index (χ0) is 100. The van der Waals surface area contributed by atoms with Crippen LogP contribution in [0.2, 0.25) is 0 Å². The highest BCUT2D eigenvalue weighted by Gasteiger charge is 2.36. The number of phenolic OH excluding ortho intramolecular Hbond substituents is 6. The van der Waals surface area contributed by atoms with E-state index in [4.69, 9.17) is 47.4 Å². The average molecular weight is 1940 g/mol. The van der Waals surface area contributed by atoms with Gasteiger partial charge in [0.15, 0.2) is 46.0 Å². The summed E-state index contributed by atoms with van der Waals surface area (Å²) in [7, 11) is 0. The number of ether oxygens (including phenoxy) is 10. The summed E-state index contributed by atoms with van der Waals surface area (Å²) in [5.41, 5.74) is 14.1.